The number of likely N-dealkylation sites (tertiary alicyclic amines) is 1. The first-order valence-electron chi connectivity index (χ1n) is 8.82. The van der Waals surface area contributed by atoms with Crippen LogP contribution in [-0.2, 0) is 6.54 Å². The smallest absolute Gasteiger partial charge is 0.259 e. The zero-order valence-corrected chi connectivity index (χ0v) is 15.8. The van der Waals surface area contributed by atoms with Gasteiger partial charge in [-0.1, -0.05) is 18.2 Å². The summed E-state index contributed by atoms with van der Waals surface area (Å²) in [4.78, 5) is 7.66. The van der Waals surface area contributed by atoms with Gasteiger partial charge in [0.25, 0.3) is 5.89 Å². The maximum absolute atomic E-state index is 5.99. The third-order valence-corrected chi connectivity index (χ3v) is 5.74. The second-order valence-electron chi connectivity index (χ2n) is 6.60. The number of para-hydroxylation sites is 1. The van der Waals surface area contributed by atoms with Gasteiger partial charge in [-0.25, -0.2) is 4.98 Å². The van der Waals surface area contributed by atoms with Crippen LogP contribution in [0.2, 0.25) is 0 Å². The van der Waals surface area contributed by atoms with Crippen LogP contribution in [0.3, 0.4) is 0 Å². The van der Waals surface area contributed by atoms with E-state index in [0.717, 1.165) is 54.7 Å². The summed E-state index contributed by atoms with van der Waals surface area (Å²) in [6, 6.07) is 8.20. The van der Waals surface area contributed by atoms with Gasteiger partial charge in [0, 0.05) is 18.7 Å². The maximum atomic E-state index is 5.99. The quantitative estimate of drug-likeness (QED) is 0.679. The van der Waals surface area contributed by atoms with Crippen molar-refractivity contribution < 1.29 is 9.15 Å². The molecule has 1 aliphatic rings. The molecule has 0 spiro atoms. The van der Waals surface area contributed by atoms with Crippen LogP contribution in [-0.4, -0.2) is 40.3 Å². The van der Waals surface area contributed by atoms with Crippen LogP contribution in [0.15, 0.2) is 34.2 Å². The largest absolute Gasteiger partial charge is 0.496 e. The molecule has 1 fully saturated rings. The van der Waals surface area contributed by atoms with Crippen molar-refractivity contribution >= 4 is 11.3 Å². The molecule has 0 saturated carbocycles. The molecular weight excluding hydrogens is 348 g/mol. The molecule has 1 saturated heterocycles. The number of piperidine rings is 1. The minimum atomic E-state index is 0.271. The van der Waals surface area contributed by atoms with Gasteiger partial charge in [-0.2, -0.15) is 0 Å². The van der Waals surface area contributed by atoms with Crippen molar-refractivity contribution in [2.75, 3.05) is 20.2 Å². The highest BCUT2D eigenvalue weighted by molar-refractivity contribution is 7.13. The monoisotopic (exact) mass is 370 g/mol. The van der Waals surface area contributed by atoms with Crippen molar-refractivity contribution in [3.63, 3.8) is 0 Å². The first-order chi connectivity index (χ1) is 12.7. The molecule has 4 rings (SSSR count). The van der Waals surface area contributed by atoms with Crippen molar-refractivity contribution in [1.82, 2.24) is 20.1 Å². The molecule has 1 aliphatic heterocycles. The summed E-state index contributed by atoms with van der Waals surface area (Å²) in [7, 11) is 1.72. The van der Waals surface area contributed by atoms with Gasteiger partial charge in [-0.3, -0.25) is 4.90 Å². The normalized spacial score (nSPS) is 18.2. The number of aryl methyl sites for hydroxylation is 1. The molecule has 0 bridgehead atoms. The molecule has 2 aromatic heterocycles. The van der Waals surface area contributed by atoms with Gasteiger partial charge in [-0.05, 0) is 32.4 Å². The summed E-state index contributed by atoms with van der Waals surface area (Å²) in [5.41, 5.74) is 3.96. The average Bonchev–Trinajstić information content (AvgIpc) is 3.31. The molecule has 0 amide bonds. The molecule has 0 N–H and O–H groups in total. The lowest BCUT2D eigenvalue weighted by atomic mass is 9.97. The lowest BCUT2D eigenvalue weighted by Crippen LogP contribution is -2.34. The van der Waals surface area contributed by atoms with E-state index in [1.807, 2.05) is 24.6 Å². The van der Waals surface area contributed by atoms with Gasteiger partial charge in [0.1, 0.15) is 10.6 Å². The van der Waals surface area contributed by atoms with Gasteiger partial charge in [0.2, 0.25) is 5.89 Å². The van der Waals surface area contributed by atoms with E-state index >= 15 is 0 Å². The lowest BCUT2D eigenvalue weighted by molar-refractivity contribution is 0.184. The van der Waals surface area contributed by atoms with Crippen LogP contribution in [0.25, 0.3) is 10.8 Å². The summed E-state index contributed by atoms with van der Waals surface area (Å²) in [6.45, 7) is 4.83. The maximum Gasteiger partial charge on any atom is 0.259 e. The highest BCUT2D eigenvalue weighted by atomic mass is 32.1. The first-order valence-corrected chi connectivity index (χ1v) is 9.70. The van der Waals surface area contributed by atoms with Crippen LogP contribution < -0.4 is 4.74 Å². The van der Waals surface area contributed by atoms with Crippen LogP contribution in [0, 0.1) is 6.92 Å². The molecule has 1 aromatic carbocycles. The number of nitrogens with zero attached hydrogens (tertiary/aromatic N) is 4. The van der Waals surface area contributed by atoms with Crippen molar-refractivity contribution in [2.45, 2.75) is 32.2 Å². The lowest BCUT2D eigenvalue weighted by Gasteiger charge is -2.31. The molecule has 0 radical (unpaired) electrons. The fraction of sp³-hybridized carbons (Fsp3) is 0.421. The van der Waals surface area contributed by atoms with Crippen LogP contribution >= 0.6 is 11.3 Å². The van der Waals surface area contributed by atoms with Gasteiger partial charge in [0.15, 0.2) is 0 Å². The second kappa shape index (κ2) is 7.55. The number of ether oxygens (including phenoxy) is 1. The Balaban J connectivity index is 1.47. The molecule has 3 heterocycles. The first kappa shape index (κ1) is 17.2. The number of rotatable bonds is 5. The van der Waals surface area contributed by atoms with Crippen LogP contribution in [0.1, 0.15) is 35.9 Å². The van der Waals surface area contributed by atoms with E-state index in [1.165, 1.54) is 16.9 Å². The Morgan fingerprint density at radius 2 is 2.19 bits per heavy atom. The molecule has 7 heteroatoms. The Labute approximate surface area is 156 Å². The summed E-state index contributed by atoms with van der Waals surface area (Å²) in [6.07, 6.45) is 2.20. The summed E-state index contributed by atoms with van der Waals surface area (Å²) < 4.78 is 11.5. The van der Waals surface area contributed by atoms with Crippen molar-refractivity contribution in [3.8, 4) is 16.5 Å². The number of methoxy groups -OCH3 is 1. The number of benzene rings is 1. The number of aromatic nitrogens is 3. The second-order valence-corrected chi connectivity index (χ2v) is 7.45. The molecule has 3 aromatic rings. The minimum Gasteiger partial charge on any atom is -0.496 e. The molecule has 26 heavy (non-hydrogen) atoms. The fourth-order valence-electron chi connectivity index (χ4n) is 3.47. The third-order valence-electron chi connectivity index (χ3n) is 4.82. The predicted molar refractivity (Wildman–Crippen MR) is 100 cm³/mol. The van der Waals surface area contributed by atoms with E-state index in [-0.39, 0.29) is 5.92 Å². The summed E-state index contributed by atoms with van der Waals surface area (Å²) in [5, 5.41) is 8.57. The SMILES string of the molecule is COc1ccccc1CN1CCCC(c2nnc(-c3scnc3C)o2)C1. The Bertz CT molecular complexity index is 876. The van der Waals surface area contributed by atoms with Crippen molar-refractivity contribution in [3.05, 3.63) is 46.9 Å². The summed E-state index contributed by atoms with van der Waals surface area (Å²) in [5.74, 6) is 2.53. The zero-order valence-electron chi connectivity index (χ0n) is 15.0. The van der Waals surface area contributed by atoms with E-state index in [2.05, 4.69) is 32.2 Å². The molecule has 136 valence electrons. The molecule has 0 aliphatic carbocycles. The minimum absolute atomic E-state index is 0.271. The van der Waals surface area contributed by atoms with E-state index in [0.29, 0.717) is 5.89 Å². The summed E-state index contributed by atoms with van der Waals surface area (Å²) >= 11 is 1.54. The third kappa shape index (κ3) is 3.50. The van der Waals surface area contributed by atoms with E-state index in [9.17, 15) is 0 Å². The Morgan fingerprint density at radius 3 is 3.00 bits per heavy atom. The van der Waals surface area contributed by atoms with E-state index in [4.69, 9.17) is 9.15 Å². The van der Waals surface area contributed by atoms with Gasteiger partial charge in [-0.15, -0.1) is 21.5 Å². The van der Waals surface area contributed by atoms with Gasteiger partial charge in [0.05, 0.1) is 24.2 Å². The Kier molecular flexibility index (Phi) is 4.99. The standard InChI is InChI=1S/C19H22N4O2S/c1-13-17(26-12-20-13)19-22-21-18(25-19)15-7-5-9-23(11-15)10-14-6-3-4-8-16(14)24-2/h3-4,6,8,12,15H,5,7,9-11H2,1-2H3. The van der Waals surface area contributed by atoms with Crippen LogP contribution in [0.5, 0.6) is 5.75 Å². The van der Waals surface area contributed by atoms with Crippen LogP contribution in [0.4, 0.5) is 0 Å². The van der Waals surface area contributed by atoms with E-state index in [1.54, 1.807) is 7.11 Å². The van der Waals surface area contributed by atoms with Gasteiger partial charge >= 0.3 is 0 Å². The predicted octanol–water partition coefficient (Wildman–Crippen LogP) is 3.89. The Hall–Kier alpha value is -2.25. The molecule has 6 nitrogen and oxygen atoms in total. The number of thiazole rings is 1. The fourth-order valence-corrected chi connectivity index (χ4v) is 4.20. The van der Waals surface area contributed by atoms with Crippen molar-refractivity contribution in [2.24, 2.45) is 0 Å². The number of hydrogen-bond donors (Lipinski definition) is 0. The molecule has 1 atom stereocenters. The highest BCUT2D eigenvalue weighted by Crippen LogP contribution is 2.32. The highest BCUT2D eigenvalue weighted by Gasteiger charge is 2.27. The number of hydrogen-bond acceptors (Lipinski definition) is 7. The average molecular weight is 370 g/mol. The topological polar surface area (TPSA) is 64.3 Å². The van der Waals surface area contributed by atoms with Gasteiger partial charge < -0.3 is 9.15 Å². The Morgan fingerprint density at radius 1 is 1.31 bits per heavy atom. The van der Waals surface area contributed by atoms with Crippen molar-refractivity contribution in [1.29, 1.82) is 0 Å². The zero-order chi connectivity index (χ0) is 17.9. The molecule has 1 unspecified atom stereocenters. The van der Waals surface area contributed by atoms with E-state index < -0.39 is 0 Å². The molecular formula is C19H22N4O2S.